The van der Waals surface area contributed by atoms with Gasteiger partial charge in [0.05, 0.1) is 18.5 Å². The van der Waals surface area contributed by atoms with Gasteiger partial charge >= 0.3 is 11.7 Å². The maximum absolute atomic E-state index is 11.1. The summed E-state index contributed by atoms with van der Waals surface area (Å²) in [6, 6.07) is 4.41. The average Bonchev–Trinajstić information content (AvgIpc) is 2.40. The molecule has 19 heavy (non-hydrogen) atoms. The molecule has 0 aliphatic carbocycles. The van der Waals surface area contributed by atoms with Crippen molar-refractivity contribution < 1.29 is 19.2 Å². The highest BCUT2D eigenvalue weighted by Gasteiger charge is 2.17. The predicted octanol–water partition coefficient (Wildman–Crippen LogP) is 2.27. The van der Waals surface area contributed by atoms with E-state index in [0.717, 1.165) is 0 Å². The molecule has 0 amide bonds. The van der Waals surface area contributed by atoms with Crippen molar-refractivity contribution >= 4 is 11.7 Å². The van der Waals surface area contributed by atoms with Crippen molar-refractivity contribution in [2.24, 2.45) is 0 Å². The molecule has 0 aliphatic heterocycles. The quantitative estimate of drug-likeness (QED) is 0.341. The van der Waals surface area contributed by atoms with Crippen LogP contribution in [0.1, 0.15) is 12.5 Å². The van der Waals surface area contributed by atoms with Gasteiger partial charge in [-0.05, 0) is 18.6 Å². The molecule has 102 valence electrons. The number of hydrogen-bond donors (Lipinski definition) is 0. The zero-order valence-corrected chi connectivity index (χ0v) is 10.8. The van der Waals surface area contributed by atoms with Crippen LogP contribution < -0.4 is 4.74 Å². The van der Waals surface area contributed by atoms with Gasteiger partial charge in [-0.15, -0.1) is 0 Å². The molecule has 0 N–H and O–H groups in total. The standard InChI is InChI=1S/C13H15NO5/c1-3-4-7-19-12-6-5-10(9-13(15)18-2)8-11(12)14(16)17/h3-6,8H,7,9H2,1-2H3. The number of esters is 1. The number of nitrogens with zero attached hydrogens (tertiary/aromatic N) is 1. The van der Waals surface area contributed by atoms with E-state index < -0.39 is 10.9 Å². The number of rotatable bonds is 6. The van der Waals surface area contributed by atoms with Crippen molar-refractivity contribution in [2.45, 2.75) is 13.3 Å². The lowest BCUT2D eigenvalue weighted by Gasteiger charge is -2.06. The number of allylic oxidation sites excluding steroid dienone is 1. The highest BCUT2D eigenvalue weighted by Crippen LogP contribution is 2.28. The van der Waals surface area contributed by atoms with Crippen LogP contribution in [0.15, 0.2) is 30.4 Å². The molecule has 1 rings (SSSR count). The minimum atomic E-state index is -0.536. The summed E-state index contributed by atoms with van der Waals surface area (Å²) in [6.07, 6.45) is 3.52. The highest BCUT2D eigenvalue weighted by molar-refractivity contribution is 5.73. The van der Waals surface area contributed by atoms with Crippen LogP contribution in [0.2, 0.25) is 0 Å². The Morgan fingerprint density at radius 3 is 2.79 bits per heavy atom. The van der Waals surface area contributed by atoms with Crippen molar-refractivity contribution in [3.05, 3.63) is 46.0 Å². The first-order chi connectivity index (χ1) is 9.08. The van der Waals surface area contributed by atoms with Gasteiger partial charge in [0, 0.05) is 6.07 Å². The lowest BCUT2D eigenvalue weighted by atomic mass is 10.1. The Hall–Kier alpha value is -2.37. The van der Waals surface area contributed by atoms with Crippen LogP contribution in [-0.2, 0) is 16.0 Å². The molecule has 0 heterocycles. The number of carbonyl (C=O) groups is 1. The van der Waals surface area contributed by atoms with E-state index in [-0.39, 0.29) is 24.5 Å². The minimum absolute atomic E-state index is 0.00746. The molecule has 1 aromatic carbocycles. The lowest BCUT2D eigenvalue weighted by Crippen LogP contribution is -2.05. The Bertz CT molecular complexity index is 496. The van der Waals surface area contributed by atoms with E-state index in [4.69, 9.17) is 4.74 Å². The molecule has 0 aromatic heterocycles. The van der Waals surface area contributed by atoms with Gasteiger partial charge in [-0.3, -0.25) is 14.9 Å². The zero-order chi connectivity index (χ0) is 14.3. The van der Waals surface area contributed by atoms with Crippen molar-refractivity contribution in [3.63, 3.8) is 0 Å². The smallest absolute Gasteiger partial charge is 0.311 e. The number of ether oxygens (including phenoxy) is 2. The third-order valence-electron chi connectivity index (χ3n) is 2.37. The van der Waals surface area contributed by atoms with Gasteiger partial charge in [-0.2, -0.15) is 0 Å². The lowest BCUT2D eigenvalue weighted by molar-refractivity contribution is -0.385. The van der Waals surface area contributed by atoms with E-state index in [2.05, 4.69) is 4.74 Å². The number of methoxy groups -OCH3 is 1. The second-order valence-corrected chi connectivity index (χ2v) is 3.69. The van der Waals surface area contributed by atoms with Gasteiger partial charge in [-0.1, -0.05) is 18.2 Å². The zero-order valence-electron chi connectivity index (χ0n) is 10.8. The van der Waals surface area contributed by atoms with E-state index >= 15 is 0 Å². The number of hydrogen-bond acceptors (Lipinski definition) is 5. The maximum Gasteiger partial charge on any atom is 0.311 e. The number of benzene rings is 1. The van der Waals surface area contributed by atoms with Crippen LogP contribution in [0.3, 0.4) is 0 Å². The molecule has 6 nitrogen and oxygen atoms in total. The highest BCUT2D eigenvalue weighted by atomic mass is 16.6. The van der Waals surface area contributed by atoms with Crippen LogP contribution in [0.4, 0.5) is 5.69 Å². The Morgan fingerprint density at radius 2 is 2.21 bits per heavy atom. The van der Waals surface area contributed by atoms with Gasteiger partial charge in [0.1, 0.15) is 6.61 Å². The Kier molecular flexibility index (Phi) is 5.53. The Balaban J connectivity index is 2.94. The van der Waals surface area contributed by atoms with Crippen LogP contribution in [0.25, 0.3) is 0 Å². The molecule has 0 fully saturated rings. The summed E-state index contributed by atoms with van der Waals surface area (Å²) in [7, 11) is 1.27. The molecule has 0 spiro atoms. The predicted molar refractivity (Wildman–Crippen MR) is 69.1 cm³/mol. The van der Waals surface area contributed by atoms with E-state index in [9.17, 15) is 14.9 Å². The second-order valence-electron chi connectivity index (χ2n) is 3.69. The first kappa shape index (κ1) is 14.7. The van der Waals surface area contributed by atoms with E-state index in [0.29, 0.717) is 5.56 Å². The summed E-state index contributed by atoms with van der Waals surface area (Å²) in [5.41, 5.74) is 0.350. The monoisotopic (exact) mass is 265 g/mol. The molecule has 0 saturated carbocycles. The number of nitro groups is 1. The third-order valence-corrected chi connectivity index (χ3v) is 2.37. The fourth-order valence-electron chi connectivity index (χ4n) is 1.41. The average molecular weight is 265 g/mol. The van der Waals surface area contributed by atoms with Gasteiger partial charge in [0.2, 0.25) is 0 Å². The van der Waals surface area contributed by atoms with Gasteiger partial charge in [-0.25, -0.2) is 0 Å². The van der Waals surface area contributed by atoms with E-state index in [1.54, 1.807) is 18.2 Å². The molecule has 0 atom stereocenters. The van der Waals surface area contributed by atoms with Gasteiger partial charge < -0.3 is 9.47 Å². The molecular weight excluding hydrogens is 250 g/mol. The SMILES string of the molecule is CC=CCOc1ccc(CC(=O)OC)cc1[N+](=O)[O-]. The summed E-state index contributed by atoms with van der Waals surface area (Å²) in [5.74, 6) is -0.270. The molecule has 1 aromatic rings. The van der Waals surface area contributed by atoms with Crippen molar-refractivity contribution in [1.82, 2.24) is 0 Å². The summed E-state index contributed by atoms with van der Waals surface area (Å²) < 4.78 is 9.80. The first-order valence-corrected chi connectivity index (χ1v) is 5.66. The number of carbonyl (C=O) groups excluding carboxylic acids is 1. The maximum atomic E-state index is 11.1. The van der Waals surface area contributed by atoms with Crippen LogP contribution in [-0.4, -0.2) is 24.6 Å². The molecule has 0 aliphatic rings. The van der Waals surface area contributed by atoms with Crippen molar-refractivity contribution in [1.29, 1.82) is 0 Å². The number of nitro benzene ring substituents is 1. The third kappa shape index (κ3) is 4.42. The van der Waals surface area contributed by atoms with E-state index in [1.165, 1.54) is 19.2 Å². The van der Waals surface area contributed by atoms with Gasteiger partial charge in [0.15, 0.2) is 5.75 Å². The van der Waals surface area contributed by atoms with Crippen LogP contribution in [0, 0.1) is 10.1 Å². The normalized spacial score (nSPS) is 10.4. The van der Waals surface area contributed by atoms with Gasteiger partial charge in [0.25, 0.3) is 0 Å². The second kappa shape index (κ2) is 7.15. The van der Waals surface area contributed by atoms with Crippen molar-refractivity contribution in [3.8, 4) is 5.75 Å². The summed E-state index contributed by atoms with van der Waals surface area (Å²) in [4.78, 5) is 21.5. The fourth-order valence-corrected chi connectivity index (χ4v) is 1.41. The fraction of sp³-hybridized carbons (Fsp3) is 0.308. The van der Waals surface area contributed by atoms with E-state index in [1.807, 2.05) is 6.92 Å². The summed E-state index contributed by atoms with van der Waals surface area (Å²) in [6.45, 7) is 2.09. The van der Waals surface area contributed by atoms with Crippen molar-refractivity contribution in [2.75, 3.05) is 13.7 Å². The molecule has 0 unspecified atom stereocenters. The molecule has 6 heteroatoms. The largest absolute Gasteiger partial charge is 0.483 e. The Labute approximate surface area is 110 Å². The molecule has 0 bridgehead atoms. The molecular formula is C13H15NO5. The minimum Gasteiger partial charge on any atom is -0.483 e. The van der Waals surface area contributed by atoms with Crippen LogP contribution in [0.5, 0.6) is 5.75 Å². The summed E-state index contributed by atoms with van der Waals surface area (Å²) >= 11 is 0. The van der Waals surface area contributed by atoms with Crippen LogP contribution >= 0.6 is 0 Å². The molecule has 0 radical (unpaired) electrons. The first-order valence-electron chi connectivity index (χ1n) is 5.66. The Morgan fingerprint density at radius 1 is 1.47 bits per heavy atom. The summed E-state index contributed by atoms with van der Waals surface area (Å²) in [5, 5.41) is 11.0. The molecule has 0 saturated heterocycles. The topological polar surface area (TPSA) is 78.7 Å².